The Kier molecular flexibility index (Phi) is 4.54. The first-order valence-corrected chi connectivity index (χ1v) is 8.82. The number of fused-ring (bicyclic) bond motifs is 1. The minimum absolute atomic E-state index is 0.0704. The maximum Gasteiger partial charge on any atom is 0.272 e. The van der Waals surface area contributed by atoms with Gasteiger partial charge in [-0.25, -0.2) is 0 Å². The summed E-state index contributed by atoms with van der Waals surface area (Å²) in [6.07, 6.45) is 2.49. The Bertz CT molecular complexity index is 1040. The van der Waals surface area contributed by atoms with Crippen LogP contribution in [0.15, 0.2) is 66.9 Å². The van der Waals surface area contributed by atoms with Crippen LogP contribution in [-0.2, 0) is 13.0 Å². The SMILES string of the molecule is N#Cc1cccc(Nc2ccnc(C(=O)N3CCc4ccccc4C3)c2)c1. The minimum atomic E-state index is -0.0704. The van der Waals surface area contributed by atoms with E-state index in [2.05, 4.69) is 28.5 Å². The minimum Gasteiger partial charge on any atom is -0.355 e. The molecule has 0 fully saturated rings. The van der Waals surface area contributed by atoms with Crippen molar-refractivity contribution in [3.8, 4) is 6.07 Å². The van der Waals surface area contributed by atoms with Gasteiger partial charge >= 0.3 is 0 Å². The zero-order chi connectivity index (χ0) is 18.6. The van der Waals surface area contributed by atoms with Crippen LogP contribution >= 0.6 is 0 Å². The lowest BCUT2D eigenvalue weighted by molar-refractivity contribution is 0.0729. The molecule has 27 heavy (non-hydrogen) atoms. The average molecular weight is 354 g/mol. The molecule has 4 rings (SSSR count). The molecule has 2 heterocycles. The highest BCUT2D eigenvalue weighted by atomic mass is 16.2. The lowest BCUT2D eigenvalue weighted by Gasteiger charge is -2.28. The number of pyridine rings is 1. The monoisotopic (exact) mass is 354 g/mol. The molecule has 1 aliphatic heterocycles. The van der Waals surface area contributed by atoms with Crippen LogP contribution < -0.4 is 5.32 Å². The van der Waals surface area contributed by atoms with Gasteiger partial charge in [0, 0.05) is 30.7 Å². The molecule has 0 saturated heterocycles. The molecule has 1 N–H and O–H groups in total. The third-order valence-corrected chi connectivity index (χ3v) is 4.68. The van der Waals surface area contributed by atoms with E-state index >= 15 is 0 Å². The molecule has 0 unspecified atom stereocenters. The predicted octanol–water partition coefficient (Wildman–Crippen LogP) is 3.90. The molecular weight excluding hydrogens is 336 g/mol. The Morgan fingerprint density at radius 3 is 2.70 bits per heavy atom. The first-order valence-electron chi connectivity index (χ1n) is 8.82. The summed E-state index contributed by atoms with van der Waals surface area (Å²) in [5.74, 6) is -0.0704. The van der Waals surface area contributed by atoms with Crippen LogP contribution in [0.25, 0.3) is 0 Å². The molecule has 0 aliphatic carbocycles. The fourth-order valence-electron chi connectivity index (χ4n) is 3.29. The fraction of sp³-hybridized carbons (Fsp3) is 0.136. The molecule has 0 saturated carbocycles. The number of benzene rings is 2. The van der Waals surface area contributed by atoms with Crippen LogP contribution in [0.5, 0.6) is 0 Å². The van der Waals surface area contributed by atoms with Crippen molar-refractivity contribution in [1.29, 1.82) is 5.26 Å². The molecular formula is C22H18N4O. The molecule has 1 aliphatic rings. The van der Waals surface area contributed by atoms with Crippen LogP contribution in [-0.4, -0.2) is 22.3 Å². The Hall–Kier alpha value is -3.65. The van der Waals surface area contributed by atoms with Gasteiger partial charge in [0.1, 0.15) is 5.69 Å². The van der Waals surface area contributed by atoms with Crippen molar-refractivity contribution in [3.05, 3.63) is 89.2 Å². The molecule has 132 valence electrons. The lowest BCUT2D eigenvalue weighted by Crippen LogP contribution is -2.36. The number of nitrogens with one attached hydrogen (secondary N) is 1. The highest BCUT2D eigenvalue weighted by Crippen LogP contribution is 2.22. The van der Waals surface area contributed by atoms with Crippen LogP contribution in [0.1, 0.15) is 27.2 Å². The third-order valence-electron chi connectivity index (χ3n) is 4.68. The topological polar surface area (TPSA) is 69.0 Å². The maximum absolute atomic E-state index is 12.9. The number of nitriles is 1. The standard InChI is InChI=1S/C22H18N4O/c23-14-16-4-3-7-19(12-16)25-20-8-10-24-21(13-20)22(27)26-11-9-17-5-1-2-6-18(17)15-26/h1-8,10,12-13H,9,11,15H2,(H,24,25). The van der Waals surface area contributed by atoms with Crippen LogP contribution in [0.3, 0.4) is 0 Å². The van der Waals surface area contributed by atoms with Gasteiger partial charge in [-0.3, -0.25) is 9.78 Å². The summed E-state index contributed by atoms with van der Waals surface area (Å²) in [5, 5.41) is 12.3. The average Bonchev–Trinajstić information content (AvgIpc) is 2.73. The largest absolute Gasteiger partial charge is 0.355 e. The number of carbonyl (C=O) groups excluding carboxylic acids is 1. The summed E-state index contributed by atoms with van der Waals surface area (Å²) in [5.41, 5.74) is 5.06. The number of hydrogen-bond acceptors (Lipinski definition) is 4. The second-order valence-corrected chi connectivity index (χ2v) is 6.49. The zero-order valence-electron chi connectivity index (χ0n) is 14.7. The number of carbonyl (C=O) groups is 1. The van der Waals surface area contributed by atoms with E-state index in [1.54, 1.807) is 30.5 Å². The van der Waals surface area contributed by atoms with E-state index in [1.807, 2.05) is 29.2 Å². The molecule has 5 nitrogen and oxygen atoms in total. The molecule has 2 aromatic carbocycles. The van der Waals surface area contributed by atoms with Crippen molar-refractivity contribution in [2.75, 3.05) is 11.9 Å². The molecule has 0 bridgehead atoms. The molecule has 5 heteroatoms. The van der Waals surface area contributed by atoms with E-state index in [-0.39, 0.29) is 5.91 Å². The Morgan fingerprint density at radius 1 is 1.04 bits per heavy atom. The van der Waals surface area contributed by atoms with Gasteiger partial charge in [-0.05, 0) is 47.9 Å². The number of anilines is 2. The smallest absolute Gasteiger partial charge is 0.272 e. The quantitative estimate of drug-likeness (QED) is 0.775. The van der Waals surface area contributed by atoms with Gasteiger partial charge in [0.15, 0.2) is 0 Å². The van der Waals surface area contributed by atoms with Crippen LogP contribution in [0.2, 0.25) is 0 Å². The van der Waals surface area contributed by atoms with Crippen molar-refractivity contribution >= 4 is 17.3 Å². The van der Waals surface area contributed by atoms with Gasteiger partial charge in [-0.1, -0.05) is 30.3 Å². The van der Waals surface area contributed by atoms with E-state index in [0.717, 1.165) is 17.8 Å². The Labute approximate surface area is 157 Å². The number of amides is 1. The molecule has 0 atom stereocenters. The Morgan fingerprint density at radius 2 is 1.85 bits per heavy atom. The predicted molar refractivity (Wildman–Crippen MR) is 104 cm³/mol. The lowest BCUT2D eigenvalue weighted by atomic mass is 10.00. The summed E-state index contributed by atoms with van der Waals surface area (Å²) in [6, 6.07) is 21.1. The van der Waals surface area contributed by atoms with Gasteiger partial charge in [-0.15, -0.1) is 0 Å². The second-order valence-electron chi connectivity index (χ2n) is 6.49. The van der Waals surface area contributed by atoms with Crippen molar-refractivity contribution in [2.24, 2.45) is 0 Å². The fourth-order valence-corrected chi connectivity index (χ4v) is 3.29. The summed E-state index contributed by atoms with van der Waals surface area (Å²) < 4.78 is 0. The van der Waals surface area contributed by atoms with E-state index in [4.69, 9.17) is 5.26 Å². The van der Waals surface area contributed by atoms with Gasteiger partial charge in [0.2, 0.25) is 0 Å². The van der Waals surface area contributed by atoms with Crippen LogP contribution in [0.4, 0.5) is 11.4 Å². The first-order chi connectivity index (χ1) is 13.2. The van der Waals surface area contributed by atoms with Gasteiger partial charge in [-0.2, -0.15) is 5.26 Å². The summed E-state index contributed by atoms with van der Waals surface area (Å²) in [4.78, 5) is 19.0. The highest BCUT2D eigenvalue weighted by Gasteiger charge is 2.22. The highest BCUT2D eigenvalue weighted by molar-refractivity contribution is 5.93. The van der Waals surface area contributed by atoms with Crippen molar-refractivity contribution in [3.63, 3.8) is 0 Å². The first kappa shape index (κ1) is 16.8. The van der Waals surface area contributed by atoms with Crippen molar-refractivity contribution in [1.82, 2.24) is 9.88 Å². The molecule has 1 aromatic heterocycles. The number of rotatable bonds is 3. The summed E-state index contributed by atoms with van der Waals surface area (Å²) in [6.45, 7) is 1.30. The number of hydrogen-bond donors (Lipinski definition) is 1. The van der Waals surface area contributed by atoms with E-state index < -0.39 is 0 Å². The second kappa shape index (κ2) is 7.30. The number of aromatic nitrogens is 1. The van der Waals surface area contributed by atoms with Crippen LogP contribution in [0, 0.1) is 11.3 Å². The van der Waals surface area contributed by atoms with Gasteiger partial charge in [0.25, 0.3) is 5.91 Å². The van der Waals surface area contributed by atoms with Crippen molar-refractivity contribution < 1.29 is 4.79 Å². The van der Waals surface area contributed by atoms with E-state index in [9.17, 15) is 4.79 Å². The summed E-state index contributed by atoms with van der Waals surface area (Å²) >= 11 is 0. The van der Waals surface area contributed by atoms with Gasteiger partial charge in [0.05, 0.1) is 11.6 Å². The molecule has 0 spiro atoms. The van der Waals surface area contributed by atoms with E-state index in [1.165, 1.54) is 11.1 Å². The van der Waals surface area contributed by atoms with E-state index in [0.29, 0.717) is 24.3 Å². The number of nitrogens with zero attached hydrogens (tertiary/aromatic N) is 3. The zero-order valence-corrected chi connectivity index (χ0v) is 14.7. The molecule has 0 radical (unpaired) electrons. The summed E-state index contributed by atoms with van der Waals surface area (Å²) in [7, 11) is 0. The molecule has 3 aromatic rings. The molecule has 1 amide bonds. The third kappa shape index (κ3) is 3.65. The van der Waals surface area contributed by atoms with Gasteiger partial charge < -0.3 is 10.2 Å². The normalized spacial score (nSPS) is 12.8. The van der Waals surface area contributed by atoms with Crippen molar-refractivity contribution in [2.45, 2.75) is 13.0 Å². The Balaban J connectivity index is 1.52. The maximum atomic E-state index is 12.9.